The van der Waals surface area contributed by atoms with Crippen molar-refractivity contribution < 1.29 is 31.8 Å². The molecule has 7 heterocycles. The van der Waals surface area contributed by atoms with Crippen molar-refractivity contribution in [3.63, 3.8) is 0 Å². The van der Waals surface area contributed by atoms with Gasteiger partial charge in [0.2, 0.25) is 13.3 Å². The zero-order chi connectivity index (χ0) is 33.3. The average molecular weight is 659 g/mol. The molecule has 16 heteroatoms. The summed E-state index contributed by atoms with van der Waals surface area (Å²) in [6.07, 6.45) is -0.391. The quantitative estimate of drug-likeness (QED) is 0.210. The lowest BCUT2D eigenvalue weighted by Gasteiger charge is -2.27. The Bertz CT molecular complexity index is 1810. The number of hydrogen-bond acceptors (Lipinski definition) is 10. The number of rotatable bonds is 3. The molecule has 1 aromatic carbocycles. The number of carbonyl (C=O) groups excluding carboxylic acids is 1. The van der Waals surface area contributed by atoms with Crippen LogP contribution < -0.4 is 20.7 Å². The molecule has 0 spiro atoms. The highest BCUT2D eigenvalue weighted by Gasteiger charge is 2.36. The van der Waals surface area contributed by atoms with Crippen molar-refractivity contribution in [2.24, 2.45) is 5.41 Å². The van der Waals surface area contributed by atoms with Crippen molar-refractivity contribution in [3.05, 3.63) is 65.7 Å². The lowest BCUT2D eigenvalue weighted by molar-refractivity contribution is -0.137. The smallest absolute Gasteiger partial charge is 0.421 e. The molecular weight excluding hydrogens is 624 g/mol. The number of nitrogens with one attached hydrogen (secondary N) is 3. The molecule has 3 aromatic heterocycles. The number of methoxy groups -OCH3 is 1. The number of ether oxygens (including phenoxy) is 1. The third-order valence-electron chi connectivity index (χ3n) is 7.31. The standard InChI is InChI=1S/C30H34F3N8O4P/c1-6-46(43)15-18-7-8-22(24(11-18)44-5)39-28-35-13-20(30(31,32)33)26(40-28)38-23-10-9-21(37-25(23)27(42)34-4)19-12-36-41(14-19)16-29(2,3)17-45-46/h7-14H,6,15-17H2,1-5H3,(H,34,42)(H2,35,38,39,40)/t46-/m1/s1. The molecule has 4 aliphatic heterocycles. The number of anilines is 4. The molecule has 0 saturated carbocycles. The first-order valence-corrected chi connectivity index (χ1v) is 16.4. The van der Waals surface area contributed by atoms with Gasteiger partial charge >= 0.3 is 6.18 Å². The van der Waals surface area contributed by atoms with E-state index >= 15 is 0 Å². The van der Waals surface area contributed by atoms with Crippen molar-refractivity contribution in [1.82, 2.24) is 30.0 Å². The van der Waals surface area contributed by atoms with E-state index in [1.54, 1.807) is 41.3 Å². The van der Waals surface area contributed by atoms with Crippen molar-refractivity contribution >= 4 is 36.4 Å². The maximum Gasteiger partial charge on any atom is 0.421 e. The van der Waals surface area contributed by atoms with Crippen LogP contribution in [0.25, 0.3) is 11.3 Å². The second-order valence-electron chi connectivity index (χ2n) is 11.6. The molecule has 0 saturated heterocycles. The highest BCUT2D eigenvalue weighted by atomic mass is 31.2. The van der Waals surface area contributed by atoms with Gasteiger partial charge in [0.1, 0.15) is 17.1 Å². The largest absolute Gasteiger partial charge is 0.495 e. The van der Waals surface area contributed by atoms with Gasteiger partial charge in [0.25, 0.3) is 5.91 Å². The van der Waals surface area contributed by atoms with Crippen LogP contribution in [0.5, 0.6) is 5.75 Å². The van der Waals surface area contributed by atoms with Gasteiger partial charge in [-0.1, -0.05) is 26.8 Å². The maximum atomic E-state index is 14.1. The molecule has 12 nitrogen and oxygen atoms in total. The minimum absolute atomic E-state index is 0.00615. The molecular formula is C30H34F3N8O4P. The van der Waals surface area contributed by atoms with Gasteiger partial charge in [-0.15, -0.1) is 0 Å². The fourth-order valence-corrected chi connectivity index (χ4v) is 6.66. The van der Waals surface area contributed by atoms with Crippen molar-refractivity contribution in [1.29, 1.82) is 0 Å². The highest BCUT2D eigenvalue weighted by Crippen LogP contribution is 2.51. The summed E-state index contributed by atoms with van der Waals surface area (Å²) in [7, 11) is -0.285. The first kappa shape index (κ1) is 32.9. The number of amides is 1. The molecule has 8 bridgehead atoms. The maximum absolute atomic E-state index is 14.1. The molecule has 8 rings (SSSR count). The van der Waals surface area contributed by atoms with E-state index in [0.717, 1.165) is 0 Å². The molecule has 0 unspecified atom stereocenters. The zero-order valence-electron chi connectivity index (χ0n) is 25.9. The van der Waals surface area contributed by atoms with Gasteiger partial charge in [0.05, 0.1) is 37.0 Å². The Morgan fingerprint density at radius 3 is 2.61 bits per heavy atom. The Balaban J connectivity index is 1.66. The van der Waals surface area contributed by atoms with Crippen molar-refractivity contribution in [3.8, 4) is 17.0 Å². The van der Waals surface area contributed by atoms with Gasteiger partial charge in [0, 0.05) is 49.3 Å². The summed E-state index contributed by atoms with van der Waals surface area (Å²) in [5.41, 5.74) is 0.231. The van der Waals surface area contributed by atoms with Gasteiger partial charge in [-0.3, -0.25) is 14.0 Å². The minimum Gasteiger partial charge on any atom is -0.495 e. The number of nitrogens with zero attached hydrogens (tertiary/aromatic N) is 5. The summed E-state index contributed by atoms with van der Waals surface area (Å²) < 4.78 is 69.4. The zero-order valence-corrected chi connectivity index (χ0v) is 26.8. The average Bonchev–Trinajstić information content (AvgIpc) is 3.47. The van der Waals surface area contributed by atoms with Gasteiger partial charge in [-0.25, -0.2) is 9.97 Å². The molecule has 3 N–H and O–H groups in total. The van der Waals surface area contributed by atoms with Gasteiger partial charge < -0.3 is 25.2 Å². The van der Waals surface area contributed by atoms with Crippen LogP contribution in [-0.2, 0) is 28.0 Å². The Hall–Kier alpha value is -4.49. The normalized spacial score (nSPS) is 18.1. The number of hydrogen-bond donors (Lipinski definition) is 3. The fourth-order valence-electron chi connectivity index (χ4n) is 4.83. The van der Waals surface area contributed by atoms with E-state index in [9.17, 15) is 22.5 Å². The van der Waals surface area contributed by atoms with E-state index in [4.69, 9.17) is 9.26 Å². The summed E-state index contributed by atoms with van der Waals surface area (Å²) in [5, 5.41) is 12.5. The van der Waals surface area contributed by atoms with E-state index in [1.165, 1.54) is 20.2 Å². The minimum atomic E-state index is -4.82. The molecule has 1 atom stereocenters. The molecule has 4 aliphatic rings. The van der Waals surface area contributed by atoms with Crippen LogP contribution in [0.1, 0.15) is 42.4 Å². The van der Waals surface area contributed by atoms with Crippen molar-refractivity contribution in [2.75, 3.05) is 37.6 Å². The monoisotopic (exact) mass is 658 g/mol. The van der Waals surface area contributed by atoms with Gasteiger partial charge in [-0.2, -0.15) is 23.3 Å². The Morgan fingerprint density at radius 1 is 1.15 bits per heavy atom. The van der Waals surface area contributed by atoms with Crippen LogP contribution in [0, 0.1) is 5.41 Å². The predicted molar refractivity (Wildman–Crippen MR) is 167 cm³/mol. The summed E-state index contributed by atoms with van der Waals surface area (Å²) in [4.78, 5) is 25.3. The fraction of sp³-hybridized carbons (Fsp3) is 0.367. The number of pyridine rings is 1. The molecule has 244 valence electrons. The molecule has 1 amide bonds. The first-order chi connectivity index (χ1) is 21.7. The van der Waals surface area contributed by atoms with Crippen LogP contribution in [0.15, 0.2) is 48.9 Å². The second-order valence-corrected chi connectivity index (χ2v) is 14.4. The van der Waals surface area contributed by atoms with Crippen LogP contribution in [-0.4, -0.2) is 57.6 Å². The molecule has 0 fully saturated rings. The van der Waals surface area contributed by atoms with E-state index in [0.29, 0.717) is 47.2 Å². The number of halogens is 3. The summed E-state index contributed by atoms with van der Waals surface area (Å²) in [5.74, 6) is -1.07. The van der Waals surface area contributed by atoms with E-state index in [1.807, 2.05) is 20.8 Å². The van der Waals surface area contributed by atoms with E-state index < -0.39 is 36.2 Å². The number of alkyl halides is 3. The number of aromatic nitrogens is 5. The number of benzene rings is 1. The Kier molecular flexibility index (Phi) is 9.09. The van der Waals surface area contributed by atoms with Crippen LogP contribution in [0.4, 0.5) is 36.3 Å². The van der Waals surface area contributed by atoms with Gasteiger partial charge in [-0.05, 0) is 29.8 Å². The summed E-state index contributed by atoms with van der Waals surface area (Å²) >= 11 is 0. The van der Waals surface area contributed by atoms with E-state index in [2.05, 4.69) is 36.0 Å². The molecule has 0 aliphatic carbocycles. The molecule has 46 heavy (non-hydrogen) atoms. The lowest BCUT2D eigenvalue weighted by Crippen LogP contribution is -2.25. The first-order valence-electron chi connectivity index (χ1n) is 14.4. The topological polar surface area (TPSA) is 145 Å². The Labute approximate surface area is 263 Å². The molecule has 0 radical (unpaired) electrons. The third-order valence-corrected chi connectivity index (χ3v) is 9.72. The van der Waals surface area contributed by atoms with Crippen molar-refractivity contribution in [2.45, 2.75) is 39.7 Å². The van der Waals surface area contributed by atoms with Crippen LogP contribution in [0.2, 0.25) is 0 Å². The number of carbonyl (C=O) groups is 1. The third kappa shape index (κ3) is 7.31. The SMILES string of the molecule is CC[P@]1(=O)Cc2ccc(c(OC)c2)Nc2ncc(C(F)(F)F)c(n2)Nc2ccc(nc2C(=O)NC)-c2cnn(c2)CC(C)(C)CO1. The summed E-state index contributed by atoms with van der Waals surface area (Å²) in [6.45, 7) is 6.39. The lowest BCUT2D eigenvalue weighted by atomic mass is 9.95. The second kappa shape index (κ2) is 12.7. The molecule has 4 aromatic rings. The van der Waals surface area contributed by atoms with Crippen LogP contribution >= 0.6 is 7.37 Å². The highest BCUT2D eigenvalue weighted by molar-refractivity contribution is 7.58. The Morgan fingerprint density at radius 2 is 1.91 bits per heavy atom. The predicted octanol–water partition coefficient (Wildman–Crippen LogP) is 6.46. The van der Waals surface area contributed by atoms with E-state index in [-0.39, 0.29) is 30.1 Å². The van der Waals surface area contributed by atoms with Crippen LogP contribution in [0.3, 0.4) is 0 Å². The van der Waals surface area contributed by atoms with Gasteiger partial charge in [0.15, 0.2) is 5.69 Å². The summed E-state index contributed by atoms with van der Waals surface area (Å²) in [6, 6.07) is 8.06.